The molecule has 2 heterocycles. The van der Waals surface area contributed by atoms with Gasteiger partial charge in [-0.3, -0.25) is 9.69 Å². The molecular formula is C25H35N3O5S2. The Kier molecular flexibility index (Phi) is 9.09. The second-order valence-electron chi connectivity index (χ2n) is 8.90. The molecule has 0 spiro atoms. The van der Waals surface area contributed by atoms with Gasteiger partial charge in [-0.2, -0.15) is 4.31 Å². The van der Waals surface area contributed by atoms with Crippen molar-refractivity contribution >= 4 is 38.2 Å². The fourth-order valence-electron chi connectivity index (χ4n) is 4.22. The fourth-order valence-corrected chi connectivity index (χ4v) is 7.10. The number of rotatable bonds is 10. The fraction of sp³-hybridized carbons (Fsp3) is 0.520. The van der Waals surface area contributed by atoms with E-state index in [4.69, 9.17) is 4.74 Å². The smallest absolute Gasteiger partial charge is 0.341 e. The van der Waals surface area contributed by atoms with Crippen molar-refractivity contribution in [3.05, 3.63) is 45.8 Å². The number of carbonyl (C=O) groups excluding carboxylic acids is 2. The maximum Gasteiger partial charge on any atom is 0.341 e. The number of nitrogens with zero attached hydrogens (tertiary/aromatic N) is 2. The number of nitrogens with one attached hydrogen (secondary N) is 1. The van der Waals surface area contributed by atoms with Gasteiger partial charge in [0.1, 0.15) is 5.00 Å². The Labute approximate surface area is 212 Å². The first-order valence-electron chi connectivity index (χ1n) is 12.0. The monoisotopic (exact) mass is 521 g/mol. The van der Waals surface area contributed by atoms with Crippen LogP contribution in [0.25, 0.3) is 0 Å². The molecular weight excluding hydrogens is 486 g/mol. The van der Waals surface area contributed by atoms with Crippen LogP contribution in [0.1, 0.15) is 71.7 Å². The zero-order valence-electron chi connectivity index (χ0n) is 21.1. The molecule has 0 unspecified atom stereocenters. The number of benzene rings is 1. The SMILES string of the molecule is CCCN(CCC)S(=O)(=O)c1ccc(C(=O)Nc2sc3c(c2C(=O)OC)CCN(C(C)C)C3)cc1. The molecule has 1 aliphatic rings. The van der Waals surface area contributed by atoms with Crippen LogP contribution in [-0.4, -0.2) is 62.3 Å². The second-order valence-corrected chi connectivity index (χ2v) is 11.9. The minimum absolute atomic E-state index is 0.159. The zero-order chi connectivity index (χ0) is 25.8. The summed E-state index contributed by atoms with van der Waals surface area (Å²) in [6, 6.07) is 6.31. The number of ether oxygens (including phenoxy) is 1. The summed E-state index contributed by atoms with van der Waals surface area (Å²) in [6.07, 6.45) is 2.16. The van der Waals surface area contributed by atoms with Gasteiger partial charge in [-0.05, 0) is 62.9 Å². The lowest BCUT2D eigenvalue weighted by Crippen LogP contribution is -2.35. The van der Waals surface area contributed by atoms with E-state index in [1.165, 1.54) is 47.0 Å². The van der Waals surface area contributed by atoms with Gasteiger partial charge < -0.3 is 10.1 Å². The van der Waals surface area contributed by atoms with E-state index in [-0.39, 0.29) is 4.90 Å². The van der Waals surface area contributed by atoms with E-state index in [0.717, 1.165) is 36.4 Å². The standard InChI is InChI=1S/C25H35N3O5S2/c1-6-13-28(14-7-2)35(31,32)19-10-8-18(9-11-19)23(29)26-24-22(25(30)33-5)20-12-15-27(17(3)4)16-21(20)34-24/h8-11,17H,6-7,12-16H2,1-5H3,(H,26,29). The predicted molar refractivity (Wildman–Crippen MR) is 139 cm³/mol. The third-order valence-electron chi connectivity index (χ3n) is 6.13. The molecule has 192 valence electrons. The summed E-state index contributed by atoms with van der Waals surface area (Å²) in [6.45, 7) is 10.6. The number of amides is 1. The van der Waals surface area contributed by atoms with E-state index in [9.17, 15) is 18.0 Å². The molecule has 1 aromatic heterocycles. The summed E-state index contributed by atoms with van der Waals surface area (Å²) in [4.78, 5) is 29.1. The Morgan fingerprint density at radius 2 is 1.77 bits per heavy atom. The highest BCUT2D eigenvalue weighted by Crippen LogP contribution is 2.38. The number of esters is 1. The largest absolute Gasteiger partial charge is 0.465 e. The minimum Gasteiger partial charge on any atom is -0.465 e. The van der Waals surface area contributed by atoms with E-state index in [2.05, 4.69) is 24.1 Å². The van der Waals surface area contributed by atoms with Gasteiger partial charge in [0.2, 0.25) is 10.0 Å². The average molecular weight is 522 g/mol. The van der Waals surface area contributed by atoms with Crippen LogP contribution in [0.15, 0.2) is 29.2 Å². The molecule has 0 saturated heterocycles. The molecule has 8 nitrogen and oxygen atoms in total. The third kappa shape index (κ3) is 5.94. The van der Waals surface area contributed by atoms with Gasteiger partial charge in [-0.15, -0.1) is 11.3 Å². The molecule has 10 heteroatoms. The quantitative estimate of drug-likeness (QED) is 0.467. The van der Waals surface area contributed by atoms with Crippen LogP contribution in [0, 0.1) is 0 Å². The van der Waals surface area contributed by atoms with Crippen LogP contribution in [0.4, 0.5) is 5.00 Å². The molecule has 2 aromatic rings. The van der Waals surface area contributed by atoms with Gasteiger partial charge in [0.15, 0.2) is 0 Å². The van der Waals surface area contributed by atoms with Crippen LogP contribution < -0.4 is 5.32 Å². The lowest BCUT2D eigenvalue weighted by molar-refractivity contribution is 0.0600. The number of anilines is 1. The molecule has 35 heavy (non-hydrogen) atoms. The maximum absolute atomic E-state index is 13.0. The van der Waals surface area contributed by atoms with Gasteiger partial charge in [-0.25, -0.2) is 13.2 Å². The Morgan fingerprint density at radius 3 is 2.31 bits per heavy atom. The molecule has 0 atom stereocenters. The number of carbonyl (C=O) groups is 2. The van der Waals surface area contributed by atoms with Crippen molar-refractivity contribution in [1.82, 2.24) is 9.21 Å². The number of hydrogen-bond donors (Lipinski definition) is 1. The van der Waals surface area contributed by atoms with Crippen LogP contribution >= 0.6 is 11.3 Å². The molecule has 0 aliphatic carbocycles. The number of fused-ring (bicyclic) bond motifs is 1. The van der Waals surface area contributed by atoms with Crippen LogP contribution in [0.3, 0.4) is 0 Å². The summed E-state index contributed by atoms with van der Waals surface area (Å²) in [5.41, 5.74) is 1.66. The molecule has 3 rings (SSSR count). The zero-order valence-corrected chi connectivity index (χ0v) is 22.7. The Balaban J connectivity index is 1.84. The topological polar surface area (TPSA) is 96.0 Å². The summed E-state index contributed by atoms with van der Waals surface area (Å²) in [7, 11) is -2.29. The number of methoxy groups -OCH3 is 1. The van der Waals surface area contributed by atoms with Crippen LogP contribution in [0.5, 0.6) is 0 Å². The molecule has 0 bridgehead atoms. The number of thiophene rings is 1. The minimum atomic E-state index is -3.62. The second kappa shape index (κ2) is 11.6. The van der Waals surface area contributed by atoms with Crippen molar-refractivity contribution in [3.63, 3.8) is 0 Å². The van der Waals surface area contributed by atoms with Crippen molar-refractivity contribution in [2.45, 2.75) is 64.4 Å². The maximum atomic E-state index is 13.0. The predicted octanol–water partition coefficient (Wildman–Crippen LogP) is 4.36. The van der Waals surface area contributed by atoms with Crippen molar-refractivity contribution in [3.8, 4) is 0 Å². The van der Waals surface area contributed by atoms with Crippen LogP contribution in [-0.2, 0) is 27.7 Å². The van der Waals surface area contributed by atoms with Gasteiger partial charge >= 0.3 is 5.97 Å². The first kappa shape index (κ1) is 27.3. The van der Waals surface area contributed by atoms with Crippen molar-refractivity contribution in [1.29, 1.82) is 0 Å². The molecule has 0 saturated carbocycles. The van der Waals surface area contributed by atoms with E-state index in [1.54, 1.807) is 0 Å². The molecule has 0 fully saturated rings. The third-order valence-corrected chi connectivity index (χ3v) is 9.18. The Bertz CT molecular complexity index is 1150. The summed E-state index contributed by atoms with van der Waals surface area (Å²) in [5, 5.41) is 3.33. The first-order valence-corrected chi connectivity index (χ1v) is 14.3. The van der Waals surface area contributed by atoms with Crippen molar-refractivity contribution in [2.24, 2.45) is 0 Å². The molecule has 1 amide bonds. The number of hydrogen-bond acceptors (Lipinski definition) is 7. The lowest BCUT2D eigenvalue weighted by Gasteiger charge is -2.30. The molecule has 1 aromatic carbocycles. The van der Waals surface area contributed by atoms with E-state index < -0.39 is 21.9 Å². The van der Waals surface area contributed by atoms with E-state index in [1.807, 2.05) is 13.8 Å². The molecule has 1 aliphatic heterocycles. The van der Waals surface area contributed by atoms with Crippen LogP contribution in [0.2, 0.25) is 0 Å². The first-order chi connectivity index (χ1) is 16.6. The Hall–Kier alpha value is -2.27. The molecule has 0 radical (unpaired) electrons. The van der Waals surface area contributed by atoms with E-state index >= 15 is 0 Å². The highest BCUT2D eigenvalue weighted by atomic mass is 32.2. The average Bonchev–Trinajstić information content (AvgIpc) is 3.20. The van der Waals surface area contributed by atoms with E-state index in [0.29, 0.717) is 41.7 Å². The highest BCUT2D eigenvalue weighted by molar-refractivity contribution is 7.89. The summed E-state index contributed by atoms with van der Waals surface area (Å²) in [5.74, 6) is -0.874. The van der Waals surface area contributed by atoms with Gasteiger partial charge in [0.25, 0.3) is 5.91 Å². The van der Waals surface area contributed by atoms with Gasteiger partial charge in [0, 0.05) is 42.7 Å². The summed E-state index contributed by atoms with van der Waals surface area (Å²) < 4.78 is 32.5. The van der Waals surface area contributed by atoms with Crippen molar-refractivity contribution in [2.75, 3.05) is 32.1 Å². The summed E-state index contributed by atoms with van der Waals surface area (Å²) >= 11 is 1.40. The Morgan fingerprint density at radius 1 is 1.14 bits per heavy atom. The molecule has 1 N–H and O–H groups in total. The van der Waals surface area contributed by atoms with Crippen molar-refractivity contribution < 1.29 is 22.7 Å². The lowest BCUT2D eigenvalue weighted by atomic mass is 10.0. The number of sulfonamides is 1. The normalized spacial score (nSPS) is 14.3. The highest BCUT2D eigenvalue weighted by Gasteiger charge is 2.30. The van der Waals surface area contributed by atoms with Gasteiger partial charge in [-0.1, -0.05) is 13.8 Å². The van der Waals surface area contributed by atoms with Gasteiger partial charge in [0.05, 0.1) is 17.6 Å².